The Hall–Kier alpha value is -8.42. The summed E-state index contributed by atoms with van der Waals surface area (Å²) >= 11 is 14.2. The molecule has 3 heterocycles. The van der Waals surface area contributed by atoms with Crippen molar-refractivity contribution in [2.45, 2.75) is 138 Å². The summed E-state index contributed by atoms with van der Waals surface area (Å²) in [5.41, 5.74) is -0.190. The molecular weight excluding hydrogens is 1430 g/mol. The summed E-state index contributed by atoms with van der Waals surface area (Å²) in [7, 11) is 1.33. The molecule has 3 aliphatic heterocycles. The Bertz CT molecular complexity index is 4590. The van der Waals surface area contributed by atoms with Crippen LogP contribution in [-0.4, -0.2) is 109 Å². The number of ether oxygens (including phenoxy) is 12. The predicted molar refractivity (Wildman–Crippen MR) is 397 cm³/mol. The van der Waals surface area contributed by atoms with Crippen LogP contribution in [0.1, 0.15) is 80.6 Å². The molecule has 0 aromatic heterocycles. The first-order valence-electron chi connectivity index (χ1n) is 35.8. The number of aliphatic hydroxyl groups is 3. The van der Waals surface area contributed by atoms with E-state index in [9.17, 15) is 15.3 Å². The molecular formula is C87H84Cl2F4O15. The van der Waals surface area contributed by atoms with Gasteiger partial charge in [-0.2, -0.15) is 8.78 Å². The van der Waals surface area contributed by atoms with Crippen LogP contribution in [0.25, 0.3) is 0 Å². The van der Waals surface area contributed by atoms with Crippen molar-refractivity contribution >= 4 is 23.2 Å². The molecule has 10 aromatic carbocycles. The van der Waals surface area contributed by atoms with Crippen LogP contribution in [0.5, 0.6) is 11.5 Å². The standard InChI is InChI=1S/C87H84Cl2F4O15/c1-4-98-70-42-36-62(72(90)74(70)92)44-64-46-66(38-40-68(64)88)86(97-3)82(104-52-60-32-20-10-21-33-60)76(100-48-56-24-12-6-13-25-56)80(102-50-58-28-16-8-17-29-58)84(54-94,107-86)78(95)79(96)85-55-106-87(108-85,67-39-41-69(89)65(47-67)45-63-37-43-71(99-5-2)75(93)73(63)91)83(105-53-61-34-22-11-23-35-61)77(101-49-57-26-14-7-15-27-57)81(85)103-51-59-30-18-9-19-31-59/h6-43,46-47,76-83,94-96H,4-5,44-45,48-55H2,1-3H3/t76-,77-,78?,79?,80+,81+,82+,83+,84?,85-,86-,87-/m0/s1. The second-order valence-corrected chi connectivity index (χ2v) is 27.7. The largest absolute Gasteiger partial charge is 0.491 e. The molecule has 3 unspecified atom stereocenters. The van der Waals surface area contributed by atoms with Gasteiger partial charge in [-0.3, -0.25) is 0 Å². The fraction of sp³-hybridized carbons (Fsp3) is 0.310. The number of benzene rings is 10. The molecule has 10 aromatic rings. The van der Waals surface area contributed by atoms with Crippen LogP contribution in [0, 0.1) is 23.3 Å². The summed E-state index contributed by atoms with van der Waals surface area (Å²) in [6.07, 6.45) is -14.4. The van der Waals surface area contributed by atoms with Gasteiger partial charge in [-0.25, -0.2) is 8.78 Å². The minimum atomic E-state index is -2.69. The molecule has 12 atom stereocenters. The van der Waals surface area contributed by atoms with Crippen LogP contribution >= 0.6 is 23.2 Å². The normalized spacial score (nSPS) is 23.8. The Morgan fingerprint density at radius 3 is 1.19 bits per heavy atom. The van der Waals surface area contributed by atoms with Crippen molar-refractivity contribution in [3.05, 3.63) is 343 Å². The first kappa shape index (κ1) is 77.7. The van der Waals surface area contributed by atoms with Crippen LogP contribution in [0.4, 0.5) is 17.6 Å². The van der Waals surface area contributed by atoms with Crippen molar-refractivity contribution in [2.75, 3.05) is 33.5 Å². The van der Waals surface area contributed by atoms with Crippen LogP contribution in [0.3, 0.4) is 0 Å². The Balaban J connectivity index is 1.02. The lowest BCUT2D eigenvalue weighted by molar-refractivity contribution is -0.434. The highest BCUT2D eigenvalue weighted by Crippen LogP contribution is 2.58. The summed E-state index contributed by atoms with van der Waals surface area (Å²) in [5.74, 6) is -9.87. The first-order valence-corrected chi connectivity index (χ1v) is 36.6. The highest BCUT2D eigenvalue weighted by molar-refractivity contribution is 6.31. The molecule has 3 fully saturated rings. The maximum absolute atomic E-state index is 16.3. The molecule has 0 saturated carbocycles. The third kappa shape index (κ3) is 16.3. The van der Waals surface area contributed by atoms with E-state index in [1.165, 1.54) is 37.4 Å². The highest BCUT2D eigenvalue weighted by Gasteiger charge is 2.76. The number of aliphatic hydroxyl groups excluding tert-OH is 3. The van der Waals surface area contributed by atoms with Crippen LogP contribution in [0.15, 0.2) is 243 Å². The van der Waals surface area contributed by atoms with Gasteiger partial charge >= 0.3 is 0 Å². The van der Waals surface area contributed by atoms with Crippen molar-refractivity contribution in [1.82, 2.24) is 0 Å². The van der Waals surface area contributed by atoms with Gasteiger partial charge in [0.15, 0.2) is 34.3 Å². The summed E-state index contributed by atoms with van der Waals surface area (Å²) in [6.45, 7) is 0.831. The maximum atomic E-state index is 16.3. The Kier molecular flexibility index (Phi) is 25.2. The smallest absolute Gasteiger partial charge is 0.225 e. The Morgan fingerprint density at radius 1 is 0.417 bits per heavy atom. The fourth-order valence-electron chi connectivity index (χ4n) is 14.7. The van der Waals surface area contributed by atoms with E-state index in [4.69, 9.17) is 80.0 Å². The third-order valence-corrected chi connectivity index (χ3v) is 20.9. The zero-order valence-electron chi connectivity index (χ0n) is 59.7. The zero-order chi connectivity index (χ0) is 75.4. The number of halogens is 6. The van der Waals surface area contributed by atoms with Gasteiger partial charge in [0.1, 0.15) is 48.8 Å². The van der Waals surface area contributed by atoms with Gasteiger partial charge in [0.25, 0.3) is 0 Å². The second-order valence-electron chi connectivity index (χ2n) is 26.9. The third-order valence-electron chi connectivity index (χ3n) is 20.1. The Morgan fingerprint density at radius 2 is 0.787 bits per heavy atom. The predicted octanol–water partition coefficient (Wildman–Crippen LogP) is 16.0. The number of methoxy groups -OCH3 is 1. The molecule has 108 heavy (non-hydrogen) atoms. The quantitative estimate of drug-likeness (QED) is 0.0332. The number of hydrogen-bond acceptors (Lipinski definition) is 15. The van der Waals surface area contributed by atoms with Gasteiger partial charge in [-0.1, -0.05) is 229 Å². The van der Waals surface area contributed by atoms with E-state index in [0.717, 1.165) is 11.1 Å². The molecule has 0 amide bonds. The molecule has 2 bridgehead atoms. The van der Waals surface area contributed by atoms with Crippen molar-refractivity contribution in [3.8, 4) is 11.5 Å². The van der Waals surface area contributed by atoms with Gasteiger partial charge in [0.2, 0.25) is 23.2 Å². The van der Waals surface area contributed by atoms with Crippen molar-refractivity contribution < 1.29 is 89.7 Å². The van der Waals surface area contributed by atoms with Crippen LogP contribution < -0.4 is 9.47 Å². The minimum absolute atomic E-state index is 0.0592. The van der Waals surface area contributed by atoms with Crippen molar-refractivity contribution in [2.24, 2.45) is 0 Å². The lowest BCUT2D eigenvalue weighted by Crippen LogP contribution is -2.79. The Labute approximate surface area is 635 Å². The van der Waals surface area contributed by atoms with E-state index in [1.54, 1.807) is 44.2 Å². The molecule has 0 spiro atoms. The van der Waals surface area contributed by atoms with E-state index < -0.39 is 108 Å². The van der Waals surface area contributed by atoms with E-state index in [0.29, 0.717) is 27.8 Å². The second kappa shape index (κ2) is 35.1. The van der Waals surface area contributed by atoms with E-state index >= 15 is 17.6 Å². The summed E-state index contributed by atoms with van der Waals surface area (Å²) in [6, 6.07) is 70.5. The summed E-state index contributed by atoms with van der Waals surface area (Å²) < 4.78 is 148. The average Bonchev–Trinajstić information content (AvgIpc) is 1.58. The van der Waals surface area contributed by atoms with E-state index in [2.05, 4.69) is 0 Å². The minimum Gasteiger partial charge on any atom is -0.491 e. The molecule has 0 radical (unpaired) electrons. The van der Waals surface area contributed by atoms with Gasteiger partial charge in [0.05, 0.1) is 66.1 Å². The number of fused-ring (bicyclic) bond motifs is 2. The average molecular weight is 1520 g/mol. The van der Waals surface area contributed by atoms with Crippen molar-refractivity contribution in [3.63, 3.8) is 0 Å². The SMILES string of the molecule is CCOc1ccc(Cc2cc([C@]34OC[C@@](C(O)C(O)C5(CO)O[C@@](OC)(c6ccc(Cl)c(Cc7ccc(OCC)c(F)c7F)c6)[C@H](OCc6ccccc6)[C@@H](OCc6ccccc6)[C@H]5OCc5ccccc5)(O3)[C@H](OCc3ccccc3)[C@H](OCc3ccccc3)[C@H]4OCc3ccccc3)ccc2Cl)c(F)c1F. The fourth-order valence-corrected chi connectivity index (χ4v) is 15.0. The topological polar surface area (TPSA) is 171 Å². The molecule has 3 saturated heterocycles. The molecule has 13 rings (SSSR count). The molecule has 3 N–H and O–H groups in total. The van der Waals surface area contributed by atoms with E-state index in [-0.39, 0.29) is 115 Å². The lowest BCUT2D eigenvalue weighted by Gasteiger charge is -2.60. The van der Waals surface area contributed by atoms with Gasteiger partial charge in [-0.15, -0.1) is 0 Å². The number of hydrogen-bond donors (Lipinski definition) is 3. The van der Waals surface area contributed by atoms with Gasteiger partial charge in [0, 0.05) is 41.1 Å². The molecule has 564 valence electrons. The van der Waals surface area contributed by atoms with E-state index in [1.807, 2.05) is 182 Å². The number of rotatable bonds is 33. The zero-order valence-corrected chi connectivity index (χ0v) is 61.2. The van der Waals surface area contributed by atoms with Gasteiger partial charge < -0.3 is 72.2 Å². The molecule has 3 aliphatic rings. The van der Waals surface area contributed by atoms with Crippen molar-refractivity contribution in [1.29, 1.82) is 0 Å². The van der Waals surface area contributed by atoms with Crippen LogP contribution in [-0.2, 0) is 111 Å². The maximum Gasteiger partial charge on any atom is 0.225 e. The molecule has 15 nitrogen and oxygen atoms in total. The van der Waals surface area contributed by atoms with Crippen LogP contribution in [0.2, 0.25) is 10.0 Å². The summed E-state index contributed by atoms with van der Waals surface area (Å²) in [5, 5.41) is 42.6. The lowest BCUT2D eigenvalue weighted by atomic mass is 9.71. The summed E-state index contributed by atoms with van der Waals surface area (Å²) in [4.78, 5) is 0. The molecule has 0 aliphatic carbocycles. The van der Waals surface area contributed by atoms with Gasteiger partial charge in [-0.05, 0) is 106 Å². The molecule has 21 heteroatoms. The first-order chi connectivity index (χ1) is 52.6. The highest BCUT2D eigenvalue weighted by atomic mass is 35.5. The monoisotopic (exact) mass is 1510 g/mol.